The molecule has 1 aromatic rings. The summed E-state index contributed by atoms with van der Waals surface area (Å²) in [6.45, 7) is 3.99. The second-order valence-electron chi connectivity index (χ2n) is 5.68. The van der Waals surface area contributed by atoms with Crippen LogP contribution in [0, 0.1) is 11.8 Å². The van der Waals surface area contributed by atoms with E-state index < -0.39 is 5.97 Å². The molecule has 1 aromatic heterocycles. The van der Waals surface area contributed by atoms with E-state index in [1.54, 1.807) is 6.07 Å². The van der Waals surface area contributed by atoms with Crippen LogP contribution in [0.1, 0.15) is 55.3 Å². The number of hydrogen-bond donors (Lipinski definition) is 1. The van der Waals surface area contributed by atoms with E-state index in [0.29, 0.717) is 6.54 Å². The molecule has 1 aliphatic rings. The summed E-state index contributed by atoms with van der Waals surface area (Å²) in [6, 6.07) is 3.49. The number of nitrogens with one attached hydrogen (secondary N) is 1. The number of rotatable bonds is 6. The van der Waals surface area contributed by atoms with Gasteiger partial charge >= 0.3 is 5.97 Å². The van der Waals surface area contributed by atoms with Gasteiger partial charge in [-0.15, -0.1) is 0 Å². The fraction of sp³-hybridized carbons (Fsp3) is 0.688. The average molecular weight is 279 g/mol. The highest BCUT2D eigenvalue weighted by molar-refractivity contribution is 5.86. The average Bonchev–Trinajstić information content (AvgIpc) is 2.96. The third-order valence-electron chi connectivity index (χ3n) is 4.32. The van der Waals surface area contributed by atoms with Gasteiger partial charge < -0.3 is 14.5 Å². The SMILES string of the molecule is CCC1CCC(CNCc2ccc(C(=O)OC)o2)CC1. The van der Waals surface area contributed by atoms with Gasteiger partial charge in [0.05, 0.1) is 13.7 Å². The molecule has 0 aliphatic heterocycles. The molecule has 2 rings (SSSR count). The lowest BCUT2D eigenvalue weighted by Crippen LogP contribution is -2.26. The quantitative estimate of drug-likeness (QED) is 0.811. The zero-order chi connectivity index (χ0) is 14.4. The summed E-state index contributed by atoms with van der Waals surface area (Å²) in [5, 5.41) is 3.43. The Bertz CT molecular complexity index is 419. The van der Waals surface area contributed by atoms with E-state index >= 15 is 0 Å². The predicted molar refractivity (Wildman–Crippen MR) is 77.5 cm³/mol. The Hall–Kier alpha value is -1.29. The maximum Gasteiger partial charge on any atom is 0.373 e. The van der Waals surface area contributed by atoms with Crippen molar-refractivity contribution in [1.82, 2.24) is 5.32 Å². The van der Waals surface area contributed by atoms with Crippen molar-refractivity contribution in [2.75, 3.05) is 13.7 Å². The van der Waals surface area contributed by atoms with Gasteiger partial charge in [-0.2, -0.15) is 0 Å². The number of carbonyl (C=O) groups is 1. The molecule has 112 valence electrons. The van der Waals surface area contributed by atoms with Crippen LogP contribution >= 0.6 is 0 Å². The molecule has 1 saturated carbocycles. The van der Waals surface area contributed by atoms with Crippen LogP contribution in [0.25, 0.3) is 0 Å². The zero-order valence-corrected chi connectivity index (χ0v) is 12.5. The Morgan fingerprint density at radius 1 is 1.30 bits per heavy atom. The molecule has 4 nitrogen and oxygen atoms in total. The first-order chi connectivity index (χ1) is 9.72. The molecule has 0 spiro atoms. The first-order valence-corrected chi connectivity index (χ1v) is 7.60. The van der Waals surface area contributed by atoms with Crippen LogP contribution in [-0.4, -0.2) is 19.6 Å². The van der Waals surface area contributed by atoms with E-state index in [4.69, 9.17) is 4.42 Å². The summed E-state index contributed by atoms with van der Waals surface area (Å²) in [7, 11) is 1.36. The molecule has 0 amide bonds. The maximum absolute atomic E-state index is 11.3. The normalized spacial score (nSPS) is 22.7. The molecule has 0 radical (unpaired) electrons. The van der Waals surface area contributed by atoms with Crippen molar-refractivity contribution in [3.05, 3.63) is 23.7 Å². The van der Waals surface area contributed by atoms with Gasteiger partial charge in [0.1, 0.15) is 5.76 Å². The number of esters is 1. The molecule has 0 unspecified atom stereocenters. The van der Waals surface area contributed by atoms with E-state index in [1.165, 1.54) is 39.2 Å². The Labute approximate surface area is 120 Å². The van der Waals surface area contributed by atoms with Gasteiger partial charge in [-0.05, 0) is 43.4 Å². The monoisotopic (exact) mass is 279 g/mol. The minimum absolute atomic E-state index is 0.271. The van der Waals surface area contributed by atoms with E-state index in [0.717, 1.165) is 24.1 Å². The molecular formula is C16H25NO3. The van der Waals surface area contributed by atoms with Crippen LogP contribution in [0.5, 0.6) is 0 Å². The first kappa shape index (κ1) is 15.1. The number of ether oxygens (including phenoxy) is 1. The van der Waals surface area contributed by atoms with E-state index in [-0.39, 0.29) is 5.76 Å². The lowest BCUT2D eigenvalue weighted by atomic mass is 9.81. The first-order valence-electron chi connectivity index (χ1n) is 7.60. The summed E-state index contributed by atoms with van der Waals surface area (Å²) in [6.07, 6.45) is 6.73. The highest BCUT2D eigenvalue weighted by Gasteiger charge is 2.19. The fourth-order valence-corrected chi connectivity index (χ4v) is 2.93. The molecule has 1 aliphatic carbocycles. The summed E-state index contributed by atoms with van der Waals surface area (Å²) in [4.78, 5) is 11.3. The van der Waals surface area contributed by atoms with Gasteiger partial charge in [0.2, 0.25) is 5.76 Å². The van der Waals surface area contributed by atoms with Crippen molar-refractivity contribution in [3.63, 3.8) is 0 Å². The molecule has 1 heterocycles. The topological polar surface area (TPSA) is 51.5 Å². The third kappa shape index (κ3) is 4.10. The number of methoxy groups -OCH3 is 1. The van der Waals surface area contributed by atoms with Crippen LogP contribution in [0.15, 0.2) is 16.5 Å². The molecule has 1 fully saturated rings. The molecular weight excluding hydrogens is 254 g/mol. The van der Waals surface area contributed by atoms with Crippen LogP contribution in [0.2, 0.25) is 0 Å². The number of furan rings is 1. The Morgan fingerprint density at radius 2 is 2.00 bits per heavy atom. The molecule has 20 heavy (non-hydrogen) atoms. The van der Waals surface area contributed by atoms with Gasteiger partial charge in [0, 0.05) is 0 Å². The molecule has 0 saturated heterocycles. The maximum atomic E-state index is 11.3. The van der Waals surface area contributed by atoms with Gasteiger partial charge in [0.25, 0.3) is 0 Å². The van der Waals surface area contributed by atoms with Crippen molar-refractivity contribution < 1.29 is 13.9 Å². The van der Waals surface area contributed by atoms with Crippen LogP contribution in [-0.2, 0) is 11.3 Å². The Balaban J connectivity index is 1.68. The van der Waals surface area contributed by atoms with Gasteiger partial charge in [-0.25, -0.2) is 4.79 Å². The van der Waals surface area contributed by atoms with Crippen molar-refractivity contribution in [2.24, 2.45) is 11.8 Å². The zero-order valence-electron chi connectivity index (χ0n) is 12.5. The summed E-state index contributed by atoms with van der Waals surface area (Å²) in [5.41, 5.74) is 0. The highest BCUT2D eigenvalue weighted by atomic mass is 16.5. The Morgan fingerprint density at radius 3 is 2.65 bits per heavy atom. The summed E-state index contributed by atoms with van der Waals surface area (Å²) < 4.78 is 10.0. The highest BCUT2D eigenvalue weighted by Crippen LogP contribution is 2.30. The third-order valence-corrected chi connectivity index (χ3v) is 4.32. The van der Waals surface area contributed by atoms with E-state index in [2.05, 4.69) is 17.0 Å². The molecule has 1 N–H and O–H groups in total. The number of carbonyl (C=O) groups excluding carboxylic acids is 1. The van der Waals surface area contributed by atoms with Gasteiger partial charge in [0.15, 0.2) is 0 Å². The number of hydrogen-bond acceptors (Lipinski definition) is 4. The van der Waals surface area contributed by atoms with Gasteiger partial charge in [-0.1, -0.05) is 26.2 Å². The van der Waals surface area contributed by atoms with Crippen molar-refractivity contribution in [2.45, 2.75) is 45.6 Å². The predicted octanol–water partition coefficient (Wildman–Crippen LogP) is 3.37. The van der Waals surface area contributed by atoms with Crippen molar-refractivity contribution >= 4 is 5.97 Å². The second-order valence-corrected chi connectivity index (χ2v) is 5.68. The van der Waals surface area contributed by atoms with Gasteiger partial charge in [-0.3, -0.25) is 0 Å². The lowest BCUT2D eigenvalue weighted by molar-refractivity contribution is 0.0563. The fourth-order valence-electron chi connectivity index (χ4n) is 2.93. The second kappa shape index (κ2) is 7.48. The van der Waals surface area contributed by atoms with E-state index in [1.807, 2.05) is 6.07 Å². The molecule has 4 heteroatoms. The molecule has 0 bridgehead atoms. The summed E-state index contributed by atoms with van der Waals surface area (Å²) in [5.74, 6) is 2.36. The van der Waals surface area contributed by atoms with Crippen LogP contribution in [0.3, 0.4) is 0 Å². The smallest absolute Gasteiger partial charge is 0.373 e. The molecule has 0 atom stereocenters. The minimum Gasteiger partial charge on any atom is -0.463 e. The van der Waals surface area contributed by atoms with Crippen molar-refractivity contribution in [1.29, 1.82) is 0 Å². The van der Waals surface area contributed by atoms with Crippen LogP contribution < -0.4 is 5.32 Å². The van der Waals surface area contributed by atoms with E-state index in [9.17, 15) is 4.79 Å². The van der Waals surface area contributed by atoms with Crippen molar-refractivity contribution in [3.8, 4) is 0 Å². The largest absolute Gasteiger partial charge is 0.463 e. The van der Waals surface area contributed by atoms with Crippen LogP contribution in [0.4, 0.5) is 0 Å². The lowest BCUT2D eigenvalue weighted by Gasteiger charge is -2.27. The molecule has 0 aromatic carbocycles. The Kier molecular flexibility index (Phi) is 5.65. The standard InChI is InChI=1S/C16H25NO3/c1-3-12-4-6-13(7-5-12)10-17-11-14-8-9-15(20-14)16(18)19-2/h8-9,12-13,17H,3-7,10-11H2,1-2H3. The minimum atomic E-state index is -0.422. The summed E-state index contributed by atoms with van der Waals surface area (Å²) >= 11 is 0.